The van der Waals surface area contributed by atoms with Gasteiger partial charge in [0.1, 0.15) is 11.6 Å². The van der Waals surface area contributed by atoms with Crippen molar-refractivity contribution in [1.29, 1.82) is 0 Å². The summed E-state index contributed by atoms with van der Waals surface area (Å²) in [5.41, 5.74) is 0.216. The number of rotatable bonds is 3. The van der Waals surface area contributed by atoms with E-state index in [2.05, 4.69) is 17.6 Å². The molecule has 0 aliphatic carbocycles. The maximum absolute atomic E-state index is 13.5. The molecule has 0 saturated carbocycles. The Bertz CT molecular complexity index is 493. The Morgan fingerprint density at radius 1 is 1.35 bits per heavy atom. The summed E-state index contributed by atoms with van der Waals surface area (Å²) in [6, 6.07) is 3.98. The minimum Gasteiger partial charge on any atom is -0.352 e. The van der Waals surface area contributed by atoms with E-state index in [0.29, 0.717) is 6.04 Å². The molecule has 5 heteroatoms. The fraction of sp³-hybridized carbons (Fsp3) is 0.533. The molecule has 3 nitrogen and oxygen atoms in total. The lowest BCUT2D eigenvalue weighted by atomic mass is 9.95. The predicted octanol–water partition coefficient (Wildman–Crippen LogP) is 2.15. The summed E-state index contributed by atoms with van der Waals surface area (Å²) in [4.78, 5) is 11.9. The first-order valence-corrected chi connectivity index (χ1v) is 6.95. The van der Waals surface area contributed by atoms with Gasteiger partial charge < -0.3 is 10.6 Å². The number of piperidine rings is 1. The van der Waals surface area contributed by atoms with Crippen molar-refractivity contribution < 1.29 is 13.6 Å². The van der Waals surface area contributed by atoms with Gasteiger partial charge in [-0.25, -0.2) is 8.78 Å². The minimum absolute atomic E-state index is 0.0576. The Morgan fingerprint density at radius 3 is 2.75 bits per heavy atom. The van der Waals surface area contributed by atoms with Crippen molar-refractivity contribution in [3.63, 3.8) is 0 Å². The van der Waals surface area contributed by atoms with E-state index >= 15 is 0 Å². The van der Waals surface area contributed by atoms with E-state index in [1.54, 1.807) is 0 Å². The zero-order valence-corrected chi connectivity index (χ0v) is 11.7. The van der Waals surface area contributed by atoms with Crippen molar-refractivity contribution >= 4 is 5.91 Å². The van der Waals surface area contributed by atoms with E-state index in [0.717, 1.165) is 25.0 Å². The molecule has 20 heavy (non-hydrogen) atoms. The van der Waals surface area contributed by atoms with Crippen LogP contribution in [0.3, 0.4) is 0 Å². The molecule has 0 radical (unpaired) electrons. The molecule has 1 saturated heterocycles. The first-order valence-electron chi connectivity index (χ1n) is 6.95. The van der Waals surface area contributed by atoms with E-state index < -0.39 is 11.6 Å². The van der Waals surface area contributed by atoms with Gasteiger partial charge in [0, 0.05) is 24.2 Å². The number of halogens is 2. The molecule has 1 aromatic carbocycles. The molecule has 1 heterocycles. The smallest absolute Gasteiger partial charge is 0.224 e. The van der Waals surface area contributed by atoms with Crippen LogP contribution in [-0.4, -0.2) is 24.0 Å². The molecular formula is C15H20F2N2O. The molecule has 1 aliphatic heterocycles. The second-order valence-corrected chi connectivity index (χ2v) is 5.52. The Morgan fingerprint density at radius 2 is 2.10 bits per heavy atom. The molecule has 3 atom stereocenters. The van der Waals surface area contributed by atoms with Crippen LogP contribution in [-0.2, 0) is 11.2 Å². The Kier molecular flexibility index (Phi) is 4.70. The van der Waals surface area contributed by atoms with Crippen LogP contribution in [0, 0.1) is 11.6 Å². The standard InChI is InChI=1S/C15H20F2N2O/c1-9-3-6-14(10(2)18-9)19-15(20)7-11-4-5-12(16)8-13(11)17/h4-5,8-10,14,18H,3,6-7H2,1-2H3,(H,19,20). The van der Waals surface area contributed by atoms with E-state index in [-0.39, 0.29) is 30.0 Å². The maximum atomic E-state index is 13.5. The third-order valence-electron chi connectivity index (χ3n) is 3.77. The molecule has 0 spiro atoms. The van der Waals surface area contributed by atoms with Crippen LogP contribution in [0.1, 0.15) is 32.3 Å². The third-order valence-corrected chi connectivity index (χ3v) is 3.77. The van der Waals surface area contributed by atoms with Crippen LogP contribution in [0.2, 0.25) is 0 Å². The molecule has 2 N–H and O–H groups in total. The average molecular weight is 282 g/mol. The van der Waals surface area contributed by atoms with E-state index in [1.165, 1.54) is 6.07 Å². The number of carbonyl (C=O) groups is 1. The summed E-state index contributed by atoms with van der Waals surface area (Å²) < 4.78 is 26.3. The van der Waals surface area contributed by atoms with Gasteiger partial charge in [0.2, 0.25) is 5.91 Å². The van der Waals surface area contributed by atoms with Gasteiger partial charge in [-0.2, -0.15) is 0 Å². The van der Waals surface area contributed by atoms with E-state index in [4.69, 9.17) is 0 Å². The molecule has 1 aromatic rings. The fourth-order valence-electron chi connectivity index (χ4n) is 2.62. The van der Waals surface area contributed by atoms with E-state index in [9.17, 15) is 13.6 Å². The highest BCUT2D eigenvalue weighted by atomic mass is 19.1. The molecule has 1 fully saturated rings. The lowest BCUT2D eigenvalue weighted by Crippen LogP contribution is -2.55. The van der Waals surface area contributed by atoms with Crippen molar-refractivity contribution in [2.24, 2.45) is 0 Å². The molecule has 2 rings (SSSR count). The van der Waals surface area contributed by atoms with Crippen LogP contribution in [0.5, 0.6) is 0 Å². The second-order valence-electron chi connectivity index (χ2n) is 5.52. The predicted molar refractivity (Wildman–Crippen MR) is 73.3 cm³/mol. The molecule has 0 bridgehead atoms. The number of benzene rings is 1. The topological polar surface area (TPSA) is 41.1 Å². The number of hydrogen-bond donors (Lipinski definition) is 2. The number of nitrogens with one attached hydrogen (secondary N) is 2. The molecule has 3 unspecified atom stereocenters. The molecule has 0 aromatic heterocycles. The molecule has 1 amide bonds. The van der Waals surface area contributed by atoms with Crippen LogP contribution < -0.4 is 10.6 Å². The van der Waals surface area contributed by atoms with Crippen LogP contribution in [0.25, 0.3) is 0 Å². The first kappa shape index (κ1) is 14.9. The minimum atomic E-state index is -0.677. The number of carbonyl (C=O) groups excluding carboxylic acids is 1. The summed E-state index contributed by atoms with van der Waals surface area (Å²) >= 11 is 0. The van der Waals surface area contributed by atoms with Crippen molar-refractivity contribution in [2.45, 2.75) is 51.2 Å². The zero-order valence-electron chi connectivity index (χ0n) is 11.7. The number of amides is 1. The highest BCUT2D eigenvalue weighted by molar-refractivity contribution is 5.79. The first-order chi connectivity index (χ1) is 9.45. The third kappa shape index (κ3) is 3.76. The highest BCUT2D eigenvalue weighted by Gasteiger charge is 2.25. The van der Waals surface area contributed by atoms with Crippen molar-refractivity contribution in [2.75, 3.05) is 0 Å². The normalized spacial score (nSPS) is 26.3. The maximum Gasteiger partial charge on any atom is 0.224 e. The highest BCUT2D eigenvalue weighted by Crippen LogP contribution is 2.14. The lowest BCUT2D eigenvalue weighted by molar-refractivity contribution is -0.121. The summed E-state index contributed by atoms with van der Waals surface area (Å²) in [6.45, 7) is 4.14. The summed E-state index contributed by atoms with van der Waals surface area (Å²) in [5, 5.41) is 6.30. The fourth-order valence-corrected chi connectivity index (χ4v) is 2.62. The van der Waals surface area contributed by atoms with Crippen molar-refractivity contribution in [3.8, 4) is 0 Å². The average Bonchev–Trinajstić information content (AvgIpc) is 2.36. The summed E-state index contributed by atoms with van der Waals surface area (Å²) in [5.74, 6) is -1.54. The Hall–Kier alpha value is -1.49. The van der Waals surface area contributed by atoms with Gasteiger partial charge in [-0.1, -0.05) is 6.07 Å². The van der Waals surface area contributed by atoms with Gasteiger partial charge >= 0.3 is 0 Å². The Labute approximate surface area is 117 Å². The second kappa shape index (κ2) is 6.31. The van der Waals surface area contributed by atoms with Gasteiger partial charge in [-0.15, -0.1) is 0 Å². The van der Waals surface area contributed by atoms with Crippen molar-refractivity contribution in [3.05, 3.63) is 35.4 Å². The van der Waals surface area contributed by atoms with Crippen LogP contribution in [0.15, 0.2) is 18.2 Å². The Balaban J connectivity index is 1.92. The van der Waals surface area contributed by atoms with Gasteiger partial charge in [0.15, 0.2) is 0 Å². The largest absolute Gasteiger partial charge is 0.352 e. The van der Waals surface area contributed by atoms with E-state index in [1.807, 2.05) is 6.92 Å². The monoisotopic (exact) mass is 282 g/mol. The molecule has 1 aliphatic rings. The summed E-state index contributed by atoms with van der Waals surface area (Å²) in [6.07, 6.45) is 1.85. The van der Waals surface area contributed by atoms with Crippen LogP contribution in [0.4, 0.5) is 8.78 Å². The van der Waals surface area contributed by atoms with Crippen molar-refractivity contribution in [1.82, 2.24) is 10.6 Å². The van der Waals surface area contributed by atoms with Gasteiger partial charge in [-0.3, -0.25) is 4.79 Å². The quantitative estimate of drug-likeness (QED) is 0.892. The number of hydrogen-bond acceptors (Lipinski definition) is 2. The van der Waals surface area contributed by atoms with Crippen LogP contribution >= 0.6 is 0 Å². The molecule has 110 valence electrons. The van der Waals surface area contributed by atoms with Gasteiger partial charge in [0.05, 0.1) is 6.42 Å². The van der Waals surface area contributed by atoms with Gasteiger partial charge in [-0.05, 0) is 38.3 Å². The summed E-state index contributed by atoms with van der Waals surface area (Å²) in [7, 11) is 0. The van der Waals surface area contributed by atoms with Gasteiger partial charge in [0.25, 0.3) is 0 Å². The zero-order chi connectivity index (χ0) is 14.7. The molecular weight excluding hydrogens is 262 g/mol. The lowest BCUT2D eigenvalue weighted by Gasteiger charge is -2.34. The SMILES string of the molecule is CC1CCC(NC(=O)Cc2ccc(F)cc2F)C(C)N1.